The molecular weight excluding hydrogens is 378 g/mol. The molecule has 0 spiro atoms. The Bertz CT molecular complexity index is 1130. The van der Waals surface area contributed by atoms with Gasteiger partial charge in [-0.15, -0.1) is 0 Å². The summed E-state index contributed by atoms with van der Waals surface area (Å²) in [6, 6.07) is 10.7. The van der Waals surface area contributed by atoms with Crippen molar-refractivity contribution in [3.05, 3.63) is 53.5 Å². The van der Waals surface area contributed by atoms with E-state index in [1.165, 1.54) is 19.3 Å². The van der Waals surface area contributed by atoms with Gasteiger partial charge in [-0.1, -0.05) is 25.3 Å². The standard InChI is InChI=1S/C23H25N5O2/c1-23(2,30)18-12-20-15(14-28(27-20)17-8-4-3-5-9-17)11-21(18)26-22(29)19-10-6-7-16(13-24)25-19/h6-7,10-12,14,17,30H,3-5,8-9H2,1-2H3,(H,26,29). The van der Waals surface area contributed by atoms with Crippen LogP contribution in [0.5, 0.6) is 0 Å². The number of carbonyl (C=O) groups excluding carboxylic acids is 1. The molecule has 1 aromatic carbocycles. The fourth-order valence-corrected chi connectivity index (χ4v) is 4.04. The molecule has 0 radical (unpaired) electrons. The van der Waals surface area contributed by atoms with Crippen molar-refractivity contribution in [1.29, 1.82) is 5.26 Å². The highest BCUT2D eigenvalue weighted by atomic mass is 16.3. The normalized spacial score (nSPS) is 15.1. The monoisotopic (exact) mass is 403 g/mol. The third kappa shape index (κ3) is 4.05. The zero-order valence-corrected chi connectivity index (χ0v) is 17.2. The number of benzene rings is 1. The number of aromatic nitrogens is 3. The van der Waals surface area contributed by atoms with Gasteiger partial charge in [-0.3, -0.25) is 9.48 Å². The molecule has 2 aromatic heterocycles. The number of rotatable bonds is 4. The third-order valence-electron chi connectivity index (χ3n) is 5.61. The minimum absolute atomic E-state index is 0.147. The molecule has 1 amide bonds. The lowest BCUT2D eigenvalue weighted by Crippen LogP contribution is -2.21. The fourth-order valence-electron chi connectivity index (χ4n) is 4.04. The molecule has 3 aromatic rings. The molecule has 1 saturated carbocycles. The molecular formula is C23H25N5O2. The summed E-state index contributed by atoms with van der Waals surface area (Å²) in [7, 11) is 0. The van der Waals surface area contributed by atoms with Gasteiger partial charge in [0.05, 0.1) is 17.2 Å². The van der Waals surface area contributed by atoms with E-state index in [1.54, 1.807) is 32.0 Å². The molecule has 0 unspecified atom stereocenters. The molecule has 1 aliphatic carbocycles. The average molecular weight is 403 g/mol. The smallest absolute Gasteiger partial charge is 0.274 e. The Morgan fingerprint density at radius 2 is 2.03 bits per heavy atom. The lowest BCUT2D eigenvalue weighted by atomic mass is 9.95. The first-order valence-corrected chi connectivity index (χ1v) is 10.3. The Balaban J connectivity index is 1.71. The number of pyridine rings is 1. The molecule has 0 atom stereocenters. The Morgan fingerprint density at radius 1 is 1.27 bits per heavy atom. The third-order valence-corrected chi connectivity index (χ3v) is 5.61. The van der Waals surface area contributed by atoms with Crippen LogP contribution >= 0.6 is 0 Å². The summed E-state index contributed by atoms with van der Waals surface area (Å²) < 4.78 is 2.03. The van der Waals surface area contributed by atoms with Crippen LogP contribution in [0.25, 0.3) is 10.9 Å². The molecule has 30 heavy (non-hydrogen) atoms. The Labute approximate surface area is 175 Å². The molecule has 2 N–H and O–H groups in total. The highest BCUT2D eigenvalue weighted by Crippen LogP contribution is 2.34. The first kappa shape index (κ1) is 20.0. The van der Waals surface area contributed by atoms with Gasteiger partial charge in [0.25, 0.3) is 5.91 Å². The molecule has 7 heteroatoms. The van der Waals surface area contributed by atoms with Gasteiger partial charge in [-0.25, -0.2) is 4.98 Å². The number of amides is 1. The average Bonchev–Trinajstić information content (AvgIpc) is 3.16. The number of hydrogen-bond acceptors (Lipinski definition) is 5. The van der Waals surface area contributed by atoms with E-state index in [2.05, 4.69) is 10.3 Å². The van der Waals surface area contributed by atoms with Gasteiger partial charge < -0.3 is 10.4 Å². The Kier molecular flexibility index (Phi) is 5.27. The van der Waals surface area contributed by atoms with Crippen molar-refractivity contribution in [1.82, 2.24) is 14.8 Å². The van der Waals surface area contributed by atoms with Crippen LogP contribution in [-0.4, -0.2) is 25.8 Å². The van der Waals surface area contributed by atoms with Crippen LogP contribution in [0.3, 0.4) is 0 Å². The number of nitrogens with one attached hydrogen (secondary N) is 1. The number of nitrogens with zero attached hydrogens (tertiary/aromatic N) is 4. The van der Waals surface area contributed by atoms with Crippen molar-refractivity contribution in [2.24, 2.45) is 0 Å². The number of nitriles is 1. The van der Waals surface area contributed by atoms with Crippen molar-refractivity contribution < 1.29 is 9.90 Å². The van der Waals surface area contributed by atoms with Crippen LogP contribution in [0, 0.1) is 11.3 Å². The summed E-state index contributed by atoms with van der Waals surface area (Å²) in [5, 5.41) is 28.3. The fraction of sp³-hybridized carbons (Fsp3) is 0.391. The minimum atomic E-state index is -1.17. The van der Waals surface area contributed by atoms with Gasteiger partial charge in [0, 0.05) is 22.8 Å². The molecule has 7 nitrogen and oxygen atoms in total. The SMILES string of the molecule is CC(C)(O)c1cc2nn(C3CCCCC3)cc2cc1NC(=O)c1cccc(C#N)n1. The van der Waals surface area contributed by atoms with Gasteiger partial charge in [0.2, 0.25) is 0 Å². The summed E-state index contributed by atoms with van der Waals surface area (Å²) >= 11 is 0. The van der Waals surface area contributed by atoms with E-state index < -0.39 is 11.5 Å². The van der Waals surface area contributed by atoms with Gasteiger partial charge in [0.1, 0.15) is 17.5 Å². The topological polar surface area (TPSA) is 104 Å². The Morgan fingerprint density at radius 3 is 2.73 bits per heavy atom. The number of carbonyl (C=O) groups is 1. The van der Waals surface area contributed by atoms with Crippen LogP contribution in [0.1, 0.15) is 73.7 Å². The van der Waals surface area contributed by atoms with Gasteiger partial charge in [-0.2, -0.15) is 10.4 Å². The lowest BCUT2D eigenvalue weighted by molar-refractivity contribution is 0.0793. The van der Waals surface area contributed by atoms with Crippen molar-refractivity contribution in [2.75, 3.05) is 5.32 Å². The van der Waals surface area contributed by atoms with Crippen LogP contribution in [-0.2, 0) is 5.60 Å². The van der Waals surface area contributed by atoms with E-state index in [9.17, 15) is 9.90 Å². The lowest BCUT2D eigenvalue weighted by Gasteiger charge is -2.22. The highest BCUT2D eigenvalue weighted by molar-refractivity contribution is 6.04. The number of aliphatic hydroxyl groups is 1. The van der Waals surface area contributed by atoms with Crippen molar-refractivity contribution in [3.63, 3.8) is 0 Å². The summed E-state index contributed by atoms with van der Waals surface area (Å²) in [6.07, 6.45) is 7.96. The predicted octanol–water partition coefficient (Wildman–Crippen LogP) is 4.29. The second kappa shape index (κ2) is 7.88. The quantitative estimate of drug-likeness (QED) is 0.676. The summed E-state index contributed by atoms with van der Waals surface area (Å²) in [4.78, 5) is 16.8. The predicted molar refractivity (Wildman–Crippen MR) is 114 cm³/mol. The maximum absolute atomic E-state index is 12.8. The van der Waals surface area contributed by atoms with E-state index in [4.69, 9.17) is 10.4 Å². The van der Waals surface area contributed by atoms with Crippen LogP contribution in [0.4, 0.5) is 5.69 Å². The zero-order chi connectivity index (χ0) is 21.3. The second-order valence-corrected chi connectivity index (χ2v) is 8.39. The maximum atomic E-state index is 12.8. The van der Waals surface area contributed by atoms with E-state index in [1.807, 2.05) is 29.1 Å². The van der Waals surface area contributed by atoms with Crippen LogP contribution < -0.4 is 5.32 Å². The van der Waals surface area contributed by atoms with Gasteiger partial charge in [-0.05, 0) is 51.0 Å². The van der Waals surface area contributed by atoms with Gasteiger partial charge >= 0.3 is 0 Å². The van der Waals surface area contributed by atoms with Crippen LogP contribution in [0.2, 0.25) is 0 Å². The first-order valence-electron chi connectivity index (χ1n) is 10.3. The zero-order valence-electron chi connectivity index (χ0n) is 17.2. The van der Waals surface area contributed by atoms with E-state index in [-0.39, 0.29) is 11.4 Å². The van der Waals surface area contributed by atoms with Gasteiger partial charge in [0.15, 0.2) is 0 Å². The number of hydrogen-bond donors (Lipinski definition) is 2. The highest BCUT2D eigenvalue weighted by Gasteiger charge is 2.24. The largest absolute Gasteiger partial charge is 0.386 e. The molecule has 0 bridgehead atoms. The maximum Gasteiger partial charge on any atom is 0.274 e. The molecule has 2 heterocycles. The molecule has 1 aliphatic rings. The van der Waals surface area contributed by atoms with Crippen molar-refractivity contribution >= 4 is 22.5 Å². The van der Waals surface area contributed by atoms with Crippen molar-refractivity contribution in [3.8, 4) is 6.07 Å². The summed E-state index contributed by atoms with van der Waals surface area (Å²) in [6.45, 7) is 3.35. The van der Waals surface area contributed by atoms with Crippen LogP contribution in [0.15, 0.2) is 36.5 Å². The van der Waals surface area contributed by atoms with Crippen molar-refractivity contribution in [2.45, 2.75) is 57.6 Å². The molecule has 154 valence electrons. The second-order valence-electron chi connectivity index (χ2n) is 8.39. The minimum Gasteiger partial charge on any atom is -0.386 e. The summed E-state index contributed by atoms with van der Waals surface area (Å²) in [5.41, 5.74) is 1.03. The summed E-state index contributed by atoms with van der Waals surface area (Å²) in [5.74, 6) is -0.434. The molecule has 4 rings (SSSR count). The molecule has 0 aliphatic heterocycles. The molecule has 1 fully saturated rings. The number of fused-ring (bicyclic) bond motifs is 1. The van der Waals surface area contributed by atoms with E-state index in [0.717, 1.165) is 23.7 Å². The first-order chi connectivity index (χ1) is 14.3. The molecule has 0 saturated heterocycles. The van der Waals surface area contributed by atoms with E-state index in [0.29, 0.717) is 17.3 Å². The Hall–Kier alpha value is -3.24. The number of anilines is 1. The van der Waals surface area contributed by atoms with E-state index >= 15 is 0 Å².